The highest BCUT2D eigenvalue weighted by molar-refractivity contribution is 7.90. The molecule has 31 heavy (non-hydrogen) atoms. The number of sulfone groups is 1. The number of hydrogen-bond donors (Lipinski definition) is 1. The van der Waals surface area contributed by atoms with Crippen molar-refractivity contribution in [2.75, 3.05) is 11.6 Å². The number of nitrogens with one attached hydrogen (secondary N) is 1. The average Bonchev–Trinajstić information content (AvgIpc) is 2.70. The fraction of sp³-hybridized carbons (Fsp3) is 0.522. The molecule has 3 saturated carbocycles. The lowest BCUT2D eigenvalue weighted by Crippen LogP contribution is -2.58. The third kappa shape index (κ3) is 4.05. The molecule has 0 aliphatic heterocycles. The lowest BCUT2D eigenvalue weighted by atomic mass is 9.45. The Kier molecular flexibility index (Phi) is 5.32. The molecular weight excluding hydrogens is 414 g/mol. The first-order valence-corrected chi connectivity index (χ1v) is 12.5. The van der Waals surface area contributed by atoms with Gasteiger partial charge in [-0.2, -0.15) is 5.10 Å². The van der Waals surface area contributed by atoms with Crippen LogP contribution in [0.1, 0.15) is 44.0 Å². The minimum Gasteiger partial charge on any atom is -0.381 e. The van der Waals surface area contributed by atoms with E-state index in [1.807, 2.05) is 0 Å². The number of carbonyl (C=O) groups is 1. The fourth-order valence-electron chi connectivity index (χ4n) is 5.30. The monoisotopic (exact) mass is 443 g/mol. The molecule has 0 saturated heterocycles. The quantitative estimate of drug-likeness (QED) is 0.689. The van der Waals surface area contributed by atoms with Crippen molar-refractivity contribution in [3.8, 4) is 0 Å². The van der Waals surface area contributed by atoms with Crippen LogP contribution in [-0.2, 0) is 16.4 Å². The Morgan fingerprint density at radius 3 is 2.45 bits per heavy atom. The molecule has 3 aliphatic rings. The molecule has 1 N–H and O–H groups in total. The molecule has 1 aromatic heterocycles. The van der Waals surface area contributed by atoms with Crippen molar-refractivity contribution in [3.05, 3.63) is 52.4 Å². The van der Waals surface area contributed by atoms with Crippen LogP contribution in [0.25, 0.3) is 0 Å². The number of rotatable bonds is 6. The van der Waals surface area contributed by atoms with Gasteiger partial charge in [0.15, 0.2) is 15.6 Å². The Labute approximate surface area is 182 Å². The molecule has 7 nitrogen and oxygen atoms in total. The number of benzene rings is 1. The van der Waals surface area contributed by atoms with Crippen molar-refractivity contribution in [1.82, 2.24) is 9.78 Å². The molecule has 5 rings (SSSR count). The van der Waals surface area contributed by atoms with Crippen LogP contribution < -0.4 is 10.9 Å². The molecule has 0 unspecified atom stereocenters. The number of hydrogen-bond acceptors (Lipinski definition) is 6. The standard InChI is InChI=1S/C23H29N3O4S/c1-14-19-9-16(23(19,2)3)10-20(14)25-17-11-22(28)26(24-12-17)13-21(27)15-5-7-18(8-6-15)31(4,29)30/h5-8,11-12,14,16,19-20,25H,9-10,13H2,1-4H3/t14-,16-,19+,20-/m1/s1. The summed E-state index contributed by atoms with van der Waals surface area (Å²) in [5.74, 6) is 1.63. The zero-order chi connectivity index (χ0) is 22.6. The van der Waals surface area contributed by atoms with Gasteiger partial charge in [0.1, 0.15) is 6.54 Å². The van der Waals surface area contributed by atoms with Gasteiger partial charge in [0.05, 0.1) is 16.8 Å². The lowest BCUT2D eigenvalue weighted by molar-refractivity contribution is -0.105. The van der Waals surface area contributed by atoms with E-state index in [0.717, 1.165) is 17.4 Å². The molecule has 1 aromatic carbocycles. The molecule has 2 aromatic rings. The molecule has 1 heterocycles. The molecule has 2 bridgehead atoms. The summed E-state index contributed by atoms with van der Waals surface area (Å²) in [6.07, 6.45) is 5.09. The van der Waals surface area contributed by atoms with Gasteiger partial charge in [-0.15, -0.1) is 0 Å². The second-order valence-electron chi connectivity index (χ2n) is 9.67. The van der Waals surface area contributed by atoms with Gasteiger partial charge < -0.3 is 5.32 Å². The topological polar surface area (TPSA) is 98.1 Å². The predicted molar refractivity (Wildman–Crippen MR) is 119 cm³/mol. The maximum Gasteiger partial charge on any atom is 0.269 e. The summed E-state index contributed by atoms with van der Waals surface area (Å²) in [5.41, 5.74) is 1.07. The van der Waals surface area contributed by atoms with E-state index in [0.29, 0.717) is 40.5 Å². The zero-order valence-corrected chi connectivity index (χ0v) is 19.1. The van der Waals surface area contributed by atoms with Crippen LogP contribution in [0, 0.1) is 23.2 Å². The van der Waals surface area contributed by atoms with E-state index in [1.165, 1.54) is 36.8 Å². The SMILES string of the molecule is C[C@H]1[C@H](Nc2cnn(CC(=O)c3ccc(S(C)(=O)=O)cc3)c(=O)c2)C[C@H]2C[C@@H]1C2(C)C. The van der Waals surface area contributed by atoms with Crippen molar-refractivity contribution in [2.24, 2.45) is 23.2 Å². The van der Waals surface area contributed by atoms with Crippen LogP contribution in [0.3, 0.4) is 0 Å². The van der Waals surface area contributed by atoms with Gasteiger partial charge in [0.25, 0.3) is 5.56 Å². The van der Waals surface area contributed by atoms with E-state index in [4.69, 9.17) is 0 Å². The summed E-state index contributed by atoms with van der Waals surface area (Å²) in [4.78, 5) is 25.2. The normalized spacial score (nSPS) is 26.7. The predicted octanol–water partition coefficient (Wildman–Crippen LogP) is 3.01. The van der Waals surface area contributed by atoms with Crippen LogP contribution in [-0.4, -0.2) is 36.3 Å². The zero-order valence-electron chi connectivity index (χ0n) is 18.3. The summed E-state index contributed by atoms with van der Waals surface area (Å²) < 4.78 is 24.2. The Balaban J connectivity index is 1.42. The smallest absolute Gasteiger partial charge is 0.269 e. The number of carbonyl (C=O) groups excluding carboxylic acids is 1. The average molecular weight is 444 g/mol. The van der Waals surface area contributed by atoms with Crippen molar-refractivity contribution < 1.29 is 13.2 Å². The van der Waals surface area contributed by atoms with E-state index in [-0.39, 0.29) is 22.8 Å². The van der Waals surface area contributed by atoms with Crippen molar-refractivity contribution in [3.63, 3.8) is 0 Å². The molecule has 3 fully saturated rings. The number of anilines is 1. The van der Waals surface area contributed by atoms with E-state index in [9.17, 15) is 18.0 Å². The summed E-state index contributed by atoms with van der Waals surface area (Å²) in [6.45, 7) is 6.79. The highest BCUT2D eigenvalue weighted by atomic mass is 32.2. The van der Waals surface area contributed by atoms with Crippen molar-refractivity contribution >= 4 is 21.3 Å². The van der Waals surface area contributed by atoms with Crippen LogP contribution >= 0.6 is 0 Å². The van der Waals surface area contributed by atoms with Gasteiger partial charge in [0.2, 0.25) is 0 Å². The second-order valence-corrected chi connectivity index (χ2v) is 11.7. The third-order valence-electron chi connectivity index (χ3n) is 7.47. The number of nitrogens with zero attached hydrogens (tertiary/aromatic N) is 2. The number of ketones is 1. The van der Waals surface area contributed by atoms with Crippen molar-refractivity contribution in [1.29, 1.82) is 0 Å². The second kappa shape index (κ2) is 7.58. The fourth-order valence-corrected chi connectivity index (χ4v) is 5.93. The van der Waals surface area contributed by atoms with Gasteiger partial charge in [-0.25, -0.2) is 13.1 Å². The van der Waals surface area contributed by atoms with E-state index in [1.54, 1.807) is 6.20 Å². The molecule has 4 atom stereocenters. The van der Waals surface area contributed by atoms with E-state index < -0.39 is 9.84 Å². The van der Waals surface area contributed by atoms with Crippen LogP contribution in [0.15, 0.2) is 46.2 Å². The van der Waals surface area contributed by atoms with Crippen LogP contribution in [0.4, 0.5) is 5.69 Å². The highest BCUT2D eigenvalue weighted by Crippen LogP contribution is 2.61. The van der Waals surface area contributed by atoms with Gasteiger partial charge in [-0.1, -0.05) is 32.9 Å². The number of fused-ring (bicyclic) bond motifs is 2. The minimum absolute atomic E-state index is 0.146. The van der Waals surface area contributed by atoms with Crippen molar-refractivity contribution in [2.45, 2.75) is 51.1 Å². The molecule has 0 radical (unpaired) electrons. The van der Waals surface area contributed by atoms with Gasteiger partial charge in [-0.05, 0) is 48.1 Å². The summed E-state index contributed by atoms with van der Waals surface area (Å²) in [7, 11) is -3.33. The third-order valence-corrected chi connectivity index (χ3v) is 8.60. The maximum atomic E-state index is 12.5. The van der Waals surface area contributed by atoms with Gasteiger partial charge in [-0.3, -0.25) is 9.59 Å². The Morgan fingerprint density at radius 2 is 1.90 bits per heavy atom. The lowest BCUT2D eigenvalue weighted by Gasteiger charge is -2.62. The Bertz CT molecular complexity index is 1170. The minimum atomic E-state index is -3.33. The largest absolute Gasteiger partial charge is 0.381 e. The first-order chi connectivity index (χ1) is 14.5. The van der Waals surface area contributed by atoms with E-state index in [2.05, 4.69) is 31.2 Å². The number of Topliss-reactive ketones (excluding diaryl/α,β-unsaturated/α-hetero) is 1. The first-order valence-electron chi connectivity index (χ1n) is 10.6. The van der Waals surface area contributed by atoms with Gasteiger partial charge >= 0.3 is 0 Å². The first kappa shape index (κ1) is 21.7. The Morgan fingerprint density at radius 1 is 1.23 bits per heavy atom. The van der Waals surface area contributed by atoms with Crippen LogP contribution in [0.2, 0.25) is 0 Å². The summed E-state index contributed by atoms with van der Waals surface area (Å²) in [5, 5.41) is 7.66. The molecule has 8 heteroatoms. The molecular formula is C23H29N3O4S. The Hall–Kier alpha value is -2.48. The molecule has 0 amide bonds. The molecule has 166 valence electrons. The molecule has 0 spiro atoms. The maximum absolute atomic E-state index is 12.5. The van der Waals surface area contributed by atoms with Crippen LogP contribution in [0.5, 0.6) is 0 Å². The highest BCUT2D eigenvalue weighted by Gasteiger charge is 2.56. The van der Waals surface area contributed by atoms with Gasteiger partial charge in [0, 0.05) is 23.9 Å². The van der Waals surface area contributed by atoms with E-state index >= 15 is 0 Å². The number of aromatic nitrogens is 2. The summed E-state index contributed by atoms with van der Waals surface area (Å²) in [6, 6.07) is 7.51. The summed E-state index contributed by atoms with van der Waals surface area (Å²) >= 11 is 0. The molecule has 3 aliphatic carbocycles.